The maximum Gasteiger partial charge on any atom is 0.416 e. The van der Waals surface area contributed by atoms with Crippen molar-refractivity contribution >= 4 is 5.82 Å². The molecule has 16 heavy (non-hydrogen) atoms. The van der Waals surface area contributed by atoms with Gasteiger partial charge >= 0.3 is 12.4 Å². The van der Waals surface area contributed by atoms with E-state index in [4.69, 9.17) is 0 Å². The molecule has 1 N–H and O–H groups in total. The number of anilines is 1. The lowest BCUT2D eigenvalue weighted by atomic mass is 10.2. The molecule has 0 aromatic carbocycles. The van der Waals surface area contributed by atoms with E-state index in [-0.39, 0.29) is 0 Å². The van der Waals surface area contributed by atoms with Crippen molar-refractivity contribution in [2.75, 3.05) is 11.9 Å². The second kappa shape index (κ2) is 4.18. The van der Waals surface area contributed by atoms with Crippen LogP contribution < -0.4 is 5.32 Å². The van der Waals surface area contributed by atoms with Gasteiger partial charge in [0, 0.05) is 6.20 Å². The van der Waals surface area contributed by atoms with Crippen LogP contribution in [0.1, 0.15) is 5.56 Å². The smallest absolute Gasteiger partial charge is 0.361 e. The molecule has 90 valence electrons. The Balaban J connectivity index is 2.76. The first kappa shape index (κ1) is 12.6. The maximum absolute atomic E-state index is 12.2. The molecule has 0 unspecified atom stereocenters. The number of nitrogens with zero attached hydrogens (tertiary/aromatic N) is 1. The third kappa shape index (κ3) is 3.95. The van der Waals surface area contributed by atoms with E-state index in [9.17, 15) is 26.3 Å². The molecule has 1 rings (SSSR count). The van der Waals surface area contributed by atoms with Crippen LogP contribution in [0.15, 0.2) is 18.3 Å². The van der Waals surface area contributed by atoms with E-state index in [1.54, 1.807) is 5.32 Å². The molecule has 0 amide bonds. The number of hydrogen-bond donors (Lipinski definition) is 1. The van der Waals surface area contributed by atoms with Crippen LogP contribution in [0, 0.1) is 0 Å². The first-order valence-corrected chi connectivity index (χ1v) is 4.02. The third-order valence-corrected chi connectivity index (χ3v) is 1.56. The van der Waals surface area contributed by atoms with Gasteiger partial charge < -0.3 is 5.32 Å². The van der Waals surface area contributed by atoms with E-state index in [0.717, 1.165) is 6.20 Å². The molecule has 0 radical (unpaired) electrons. The summed E-state index contributed by atoms with van der Waals surface area (Å²) in [7, 11) is 0. The molecule has 0 saturated heterocycles. The van der Waals surface area contributed by atoms with Gasteiger partial charge in [-0.3, -0.25) is 0 Å². The molecule has 0 saturated carbocycles. The summed E-state index contributed by atoms with van der Waals surface area (Å²) in [5, 5.41) is 1.76. The molecular weight excluding hydrogens is 238 g/mol. The van der Waals surface area contributed by atoms with Gasteiger partial charge in [-0.05, 0) is 12.1 Å². The van der Waals surface area contributed by atoms with Crippen LogP contribution in [0.4, 0.5) is 32.2 Å². The van der Waals surface area contributed by atoms with E-state index in [2.05, 4.69) is 4.98 Å². The van der Waals surface area contributed by atoms with Gasteiger partial charge in [-0.2, -0.15) is 26.3 Å². The predicted molar refractivity (Wildman–Crippen MR) is 43.8 cm³/mol. The van der Waals surface area contributed by atoms with Gasteiger partial charge in [0.25, 0.3) is 0 Å². The number of nitrogens with one attached hydrogen (secondary N) is 1. The fourth-order valence-corrected chi connectivity index (χ4v) is 0.894. The summed E-state index contributed by atoms with van der Waals surface area (Å²) < 4.78 is 71.8. The van der Waals surface area contributed by atoms with Crippen LogP contribution in [0.3, 0.4) is 0 Å². The van der Waals surface area contributed by atoms with Crippen LogP contribution in [-0.2, 0) is 6.18 Å². The standard InChI is InChI=1S/C8H6F6N2/c9-7(10,11)4-16-6-3-5(1-2-15-6)8(12,13)14/h1-3H,4H2,(H,15,16). The molecule has 0 atom stereocenters. The molecule has 0 bridgehead atoms. The highest BCUT2D eigenvalue weighted by atomic mass is 19.4. The Kier molecular flexibility index (Phi) is 3.30. The van der Waals surface area contributed by atoms with Gasteiger partial charge in [0.15, 0.2) is 0 Å². The summed E-state index contributed by atoms with van der Waals surface area (Å²) in [6.45, 7) is -1.43. The van der Waals surface area contributed by atoms with Crippen LogP contribution >= 0.6 is 0 Å². The van der Waals surface area contributed by atoms with Gasteiger partial charge in [-0.25, -0.2) is 4.98 Å². The summed E-state index contributed by atoms with van der Waals surface area (Å²) in [6.07, 6.45) is -8.31. The second-order valence-electron chi connectivity index (χ2n) is 2.90. The molecule has 0 fully saturated rings. The van der Waals surface area contributed by atoms with E-state index >= 15 is 0 Å². The first-order valence-electron chi connectivity index (χ1n) is 4.02. The van der Waals surface area contributed by atoms with Crippen molar-refractivity contribution in [1.82, 2.24) is 4.98 Å². The zero-order valence-corrected chi connectivity index (χ0v) is 7.65. The summed E-state index contributed by atoms with van der Waals surface area (Å²) in [5.74, 6) is -0.466. The van der Waals surface area contributed by atoms with Gasteiger partial charge in [0.2, 0.25) is 0 Å². The van der Waals surface area contributed by atoms with Gasteiger partial charge in [0.1, 0.15) is 12.4 Å². The summed E-state index contributed by atoms with van der Waals surface area (Å²) in [6, 6.07) is 1.20. The highest BCUT2D eigenvalue weighted by molar-refractivity contribution is 5.38. The highest BCUT2D eigenvalue weighted by Crippen LogP contribution is 2.30. The number of halogens is 6. The quantitative estimate of drug-likeness (QED) is 0.808. The van der Waals surface area contributed by atoms with Gasteiger partial charge in [-0.1, -0.05) is 0 Å². The average molecular weight is 244 g/mol. The molecule has 0 aliphatic carbocycles. The lowest BCUT2D eigenvalue weighted by Gasteiger charge is -2.11. The topological polar surface area (TPSA) is 24.9 Å². The minimum Gasteiger partial charge on any atom is -0.361 e. The van der Waals surface area contributed by atoms with Crippen molar-refractivity contribution in [3.8, 4) is 0 Å². The van der Waals surface area contributed by atoms with Crippen molar-refractivity contribution in [2.45, 2.75) is 12.4 Å². The van der Waals surface area contributed by atoms with Crippen LogP contribution in [0.2, 0.25) is 0 Å². The molecule has 1 aromatic heterocycles. The normalized spacial score (nSPS) is 12.6. The number of pyridine rings is 1. The molecule has 0 aliphatic rings. The molecule has 0 spiro atoms. The Morgan fingerprint density at radius 2 is 1.75 bits per heavy atom. The van der Waals surface area contributed by atoms with Crippen LogP contribution in [0.25, 0.3) is 0 Å². The highest BCUT2D eigenvalue weighted by Gasteiger charge is 2.31. The van der Waals surface area contributed by atoms with Crippen LogP contribution in [0.5, 0.6) is 0 Å². The minimum atomic E-state index is -4.60. The van der Waals surface area contributed by atoms with Crippen molar-refractivity contribution in [3.63, 3.8) is 0 Å². The molecule has 1 heterocycles. The Labute approximate surface area is 86.3 Å². The predicted octanol–water partition coefficient (Wildman–Crippen LogP) is 3.07. The fourth-order valence-electron chi connectivity index (χ4n) is 0.894. The van der Waals surface area contributed by atoms with E-state index in [1.165, 1.54) is 0 Å². The Morgan fingerprint density at radius 1 is 1.12 bits per heavy atom. The number of hydrogen-bond acceptors (Lipinski definition) is 2. The summed E-state index contributed by atoms with van der Waals surface area (Å²) >= 11 is 0. The first-order chi connectivity index (χ1) is 7.18. The van der Waals surface area contributed by atoms with Gasteiger partial charge in [0.05, 0.1) is 5.56 Å². The summed E-state index contributed by atoms with van der Waals surface area (Å²) in [5.41, 5.74) is -1.05. The second-order valence-corrected chi connectivity index (χ2v) is 2.90. The summed E-state index contributed by atoms with van der Waals surface area (Å²) in [4.78, 5) is 3.34. The Hall–Kier alpha value is -1.47. The minimum absolute atomic E-state index is 0.466. The zero-order valence-electron chi connectivity index (χ0n) is 7.65. The van der Waals surface area contributed by atoms with E-state index < -0.39 is 30.3 Å². The maximum atomic E-state index is 12.2. The Bertz CT molecular complexity index is 356. The molecule has 2 nitrogen and oxygen atoms in total. The number of rotatable bonds is 2. The Morgan fingerprint density at radius 3 is 2.25 bits per heavy atom. The zero-order chi connectivity index (χ0) is 12.4. The lowest BCUT2D eigenvalue weighted by molar-refractivity contribution is -0.137. The van der Waals surface area contributed by atoms with Crippen molar-refractivity contribution in [3.05, 3.63) is 23.9 Å². The molecule has 0 aliphatic heterocycles. The van der Waals surface area contributed by atoms with Crippen molar-refractivity contribution in [1.29, 1.82) is 0 Å². The van der Waals surface area contributed by atoms with Crippen LogP contribution in [-0.4, -0.2) is 17.7 Å². The molecular formula is C8H6F6N2. The lowest BCUT2D eigenvalue weighted by Crippen LogP contribution is -2.22. The number of aromatic nitrogens is 1. The fraction of sp³-hybridized carbons (Fsp3) is 0.375. The third-order valence-electron chi connectivity index (χ3n) is 1.56. The van der Waals surface area contributed by atoms with E-state index in [0.29, 0.717) is 12.1 Å². The van der Waals surface area contributed by atoms with Crippen molar-refractivity contribution in [2.24, 2.45) is 0 Å². The number of alkyl halides is 6. The molecule has 1 aromatic rings. The van der Waals surface area contributed by atoms with E-state index in [1.807, 2.05) is 0 Å². The molecule has 8 heteroatoms. The SMILES string of the molecule is FC(F)(F)CNc1cc(C(F)(F)F)ccn1. The van der Waals surface area contributed by atoms with Crippen molar-refractivity contribution < 1.29 is 26.3 Å². The average Bonchev–Trinajstić information content (AvgIpc) is 2.13. The largest absolute Gasteiger partial charge is 0.416 e. The monoisotopic (exact) mass is 244 g/mol. The van der Waals surface area contributed by atoms with Gasteiger partial charge in [-0.15, -0.1) is 0 Å².